The third kappa shape index (κ3) is 2.58. The second-order valence-corrected chi connectivity index (χ2v) is 3.86. The molecule has 1 aromatic carbocycles. The van der Waals surface area contributed by atoms with Gasteiger partial charge in [0, 0.05) is 32.3 Å². The number of hydrogen-bond acceptors (Lipinski definition) is 2. The molecule has 3 nitrogen and oxygen atoms in total. The minimum atomic E-state index is -0.461. The molecule has 0 N–H and O–H groups in total. The molecular formula is C13H13FN2O. The molecule has 1 heterocycles. The summed E-state index contributed by atoms with van der Waals surface area (Å²) < 4.78 is 15.2. The lowest BCUT2D eigenvalue weighted by atomic mass is 10.1. The summed E-state index contributed by atoms with van der Waals surface area (Å²) in [4.78, 5) is 15.9. The van der Waals surface area contributed by atoms with Gasteiger partial charge in [0.25, 0.3) is 0 Å². The zero-order chi connectivity index (χ0) is 12.3. The Morgan fingerprint density at radius 1 is 1.41 bits per heavy atom. The van der Waals surface area contributed by atoms with E-state index in [1.807, 2.05) is 17.8 Å². The van der Waals surface area contributed by atoms with Crippen LogP contribution in [0.4, 0.5) is 4.39 Å². The monoisotopic (exact) mass is 232 g/mol. The van der Waals surface area contributed by atoms with E-state index in [9.17, 15) is 9.18 Å². The van der Waals surface area contributed by atoms with Gasteiger partial charge in [0.15, 0.2) is 5.78 Å². The summed E-state index contributed by atoms with van der Waals surface area (Å²) >= 11 is 0. The number of benzene rings is 1. The van der Waals surface area contributed by atoms with Gasteiger partial charge in [0.05, 0.1) is 5.56 Å². The first kappa shape index (κ1) is 11.5. The van der Waals surface area contributed by atoms with E-state index >= 15 is 0 Å². The van der Waals surface area contributed by atoms with Gasteiger partial charge in [-0.3, -0.25) is 4.79 Å². The summed E-state index contributed by atoms with van der Waals surface area (Å²) in [6, 6.07) is 6.05. The summed E-state index contributed by atoms with van der Waals surface area (Å²) in [6.07, 6.45) is 4.30. The summed E-state index contributed by atoms with van der Waals surface area (Å²) in [5.41, 5.74) is 0.154. The Labute approximate surface area is 98.9 Å². The number of Topliss-reactive ketones (excluding diaryl/α,β-unsaturated/α-hetero) is 1. The molecule has 0 saturated carbocycles. The number of carbonyl (C=O) groups is 1. The highest BCUT2D eigenvalue weighted by Gasteiger charge is 2.11. The molecule has 0 unspecified atom stereocenters. The smallest absolute Gasteiger partial charge is 0.166 e. The van der Waals surface area contributed by atoms with Crippen LogP contribution in [-0.2, 0) is 13.5 Å². The van der Waals surface area contributed by atoms with Gasteiger partial charge in [0.2, 0.25) is 0 Å². The lowest BCUT2D eigenvalue weighted by Crippen LogP contribution is -2.06. The van der Waals surface area contributed by atoms with E-state index in [-0.39, 0.29) is 17.8 Å². The third-order valence-corrected chi connectivity index (χ3v) is 2.67. The van der Waals surface area contributed by atoms with Crippen molar-refractivity contribution < 1.29 is 9.18 Å². The van der Waals surface area contributed by atoms with Crippen LogP contribution >= 0.6 is 0 Å². The number of aryl methyl sites for hydroxylation is 2. The molecule has 0 saturated heterocycles. The van der Waals surface area contributed by atoms with Crippen molar-refractivity contribution in [1.29, 1.82) is 0 Å². The fourth-order valence-corrected chi connectivity index (χ4v) is 1.68. The van der Waals surface area contributed by atoms with E-state index in [2.05, 4.69) is 4.98 Å². The molecule has 2 rings (SSSR count). The fraction of sp³-hybridized carbons (Fsp3) is 0.231. The number of carbonyl (C=O) groups excluding carboxylic acids is 1. The standard InChI is InChI=1S/C13H13FN2O/c1-16-9-8-15-13(16)7-6-12(17)10-4-2-3-5-11(10)14/h2-5,8-9H,6-7H2,1H3. The van der Waals surface area contributed by atoms with Crippen molar-refractivity contribution >= 4 is 5.78 Å². The number of ketones is 1. The molecule has 1 aromatic heterocycles. The highest BCUT2D eigenvalue weighted by molar-refractivity contribution is 5.96. The Bertz CT molecular complexity index is 534. The molecule has 0 aliphatic carbocycles. The number of aromatic nitrogens is 2. The van der Waals surface area contributed by atoms with Gasteiger partial charge in [-0.2, -0.15) is 0 Å². The Morgan fingerprint density at radius 2 is 2.18 bits per heavy atom. The maximum Gasteiger partial charge on any atom is 0.166 e. The molecule has 0 atom stereocenters. The summed E-state index contributed by atoms with van der Waals surface area (Å²) in [6.45, 7) is 0. The Morgan fingerprint density at radius 3 is 2.82 bits per heavy atom. The van der Waals surface area contributed by atoms with Crippen LogP contribution in [0.2, 0.25) is 0 Å². The number of nitrogens with zero attached hydrogens (tertiary/aromatic N) is 2. The minimum absolute atomic E-state index is 0.154. The molecule has 88 valence electrons. The van der Waals surface area contributed by atoms with Crippen molar-refractivity contribution in [1.82, 2.24) is 9.55 Å². The van der Waals surface area contributed by atoms with Crippen molar-refractivity contribution in [2.45, 2.75) is 12.8 Å². The van der Waals surface area contributed by atoms with Gasteiger partial charge in [-0.25, -0.2) is 9.37 Å². The first-order valence-electron chi connectivity index (χ1n) is 5.42. The minimum Gasteiger partial charge on any atom is -0.338 e. The summed E-state index contributed by atoms with van der Waals surface area (Å²) in [7, 11) is 1.87. The Hall–Kier alpha value is -1.97. The highest BCUT2D eigenvalue weighted by Crippen LogP contribution is 2.11. The van der Waals surface area contributed by atoms with Crippen molar-refractivity contribution in [3.63, 3.8) is 0 Å². The second kappa shape index (κ2) is 4.91. The predicted molar refractivity (Wildman–Crippen MR) is 62.3 cm³/mol. The number of halogens is 1. The van der Waals surface area contributed by atoms with Gasteiger partial charge in [-0.15, -0.1) is 0 Å². The van der Waals surface area contributed by atoms with Crippen LogP contribution in [-0.4, -0.2) is 15.3 Å². The van der Waals surface area contributed by atoms with Crippen LogP contribution in [0.1, 0.15) is 22.6 Å². The number of rotatable bonds is 4. The molecule has 0 fully saturated rings. The van der Waals surface area contributed by atoms with Crippen molar-refractivity contribution in [3.05, 3.63) is 53.9 Å². The van der Waals surface area contributed by atoms with Gasteiger partial charge < -0.3 is 4.57 Å². The normalized spacial score (nSPS) is 10.5. The molecule has 0 spiro atoms. The molecule has 4 heteroatoms. The van der Waals surface area contributed by atoms with E-state index in [0.717, 1.165) is 5.82 Å². The van der Waals surface area contributed by atoms with Gasteiger partial charge >= 0.3 is 0 Å². The van der Waals surface area contributed by atoms with Crippen LogP contribution in [0.25, 0.3) is 0 Å². The average Bonchev–Trinajstić information content (AvgIpc) is 2.72. The van der Waals surface area contributed by atoms with Crippen LogP contribution < -0.4 is 0 Å². The quantitative estimate of drug-likeness (QED) is 0.758. The molecule has 0 radical (unpaired) electrons. The van der Waals surface area contributed by atoms with Crippen molar-refractivity contribution in [2.24, 2.45) is 7.05 Å². The lowest BCUT2D eigenvalue weighted by Gasteiger charge is -2.03. The SMILES string of the molecule is Cn1ccnc1CCC(=O)c1ccccc1F. The third-order valence-electron chi connectivity index (χ3n) is 2.67. The zero-order valence-electron chi connectivity index (χ0n) is 9.56. The number of hydrogen-bond donors (Lipinski definition) is 0. The van der Waals surface area contributed by atoms with E-state index in [1.165, 1.54) is 12.1 Å². The Kier molecular flexibility index (Phi) is 3.32. The van der Waals surface area contributed by atoms with Gasteiger partial charge in [0.1, 0.15) is 11.6 Å². The molecule has 0 aliphatic rings. The molecule has 2 aromatic rings. The van der Waals surface area contributed by atoms with E-state index in [0.29, 0.717) is 6.42 Å². The van der Waals surface area contributed by atoms with E-state index in [1.54, 1.807) is 18.3 Å². The summed E-state index contributed by atoms with van der Waals surface area (Å²) in [5.74, 6) is 0.179. The molecule has 0 amide bonds. The average molecular weight is 232 g/mol. The largest absolute Gasteiger partial charge is 0.338 e. The van der Waals surface area contributed by atoms with Crippen LogP contribution in [0.5, 0.6) is 0 Å². The van der Waals surface area contributed by atoms with Gasteiger partial charge in [-0.1, -0.05) is 12.1 Å². The molecule has 0 aliphatic heterocycles. The van der Waals surface area contributed by atoms with Crippen molar-refractivity contribution in [2.75, 3.05) is 0 Å². The molecule has 17 heavy (non-hydrogen) atoms. The van der Waals surface area contributed by atoms with Gasteiger partial charge in [-0.05, 0) is 12.1 Å². The van der Waals surface area contributed by atoms with E-state index in [4.69, 9.17) is 0 Å². The topological polar surface area (TPSA) is 34.9 Å². The first-order chi connectivity index (χ1) is 8.18. The van der Waals surface area contributed by atoms with Crippen molar-refractivity contribution in [3.8, 4) is 0 Å². The van der Waals surface area contributed by atoms with Crippen LogP contribution in [0, 0.1) is 5.82 Å². The van der Waals surface area contributed by atoms with E-state index < -0.39 is 5.82 Å². The highest BCUT2D eigenvalue weighted by atomic mass is 19.1. The lowest BCUT2D eigenvalue weighted by molar-refractivity contribution is 0.0978. The van der Waals surface area contributed by atoms with Crippen LogP contribution in [0.3, 0.4) is 0 Å². The fourth-order valence-electron chi connectivity index (χ4n) is 1.68. The first-order valence-corrected chi connectivity index (χ1v) is 5.42. The maximum absolute atomic E-state index is 13.3. The summed E-state index contributed by atoms with van der Waals surface area (Å²) in [5, 5.41) is 0. The second-order valence-electron chi connectivity index (χ2n) is 3.86. The Balaban J connectivity index is 2.04. The van der Waals surface area contributed by atoms with Crippen LogP contribution in [0.15, 0.2) is 36.7 Å². The zero-order valence-corrected chi connectivity index (χ0v) is 9.56. The molecular weight excluding hydrogens is 219 g/mol. The maximum atomic E-state index is 13.3. The molecule has 0 bridgehead atoms. The predicted octanol–water partition coefficient (Wildman–Crippen LogP) is 2.37. The number of imidazole rings is 1.